The zero-order chi connectivity index (χ0) is 21.8. The number of halogens is 3. The van der Waals surface area contributed by atoms with Gasteiger partial charge in [0.2, 0.25) is 11.9 Å². The molecule has 1 aliphatic heterocycles. The molecular formula is C22H24F3N5O. The third-order valence-electron chi connectivity index (χ3n) is 5.57. The molecule has 0 aliphatic carbocycles. The number of amides is 1. The van der Waals surface area contributed by atoms with Gasteiger partial charge in [0.1, 0.15) is 0 Å². The van der Waals surface area contributed by atoms with Crippen molar-refractivity contribution in [1.82, 2.24) is 19.9 Å². The van der Waals surface area contributed by atoms with Gasteiger partial charge in [-0.05, 0) is 43.4 Å². The maximum absolute atomic E-state index is 13.1. The number of alkyl halides is 3. The Labute approximate surface area is 178 Å². The van der Waals surface area contributed by atoms with Crippen molar-refractivity contribution in [2.45, 2.75) is 31.9 Å². The number of hydrogen-bond acceptors (Lipinski definition) is 4. The van der Waals surface area contributed by atoms with Crippen molar-refractivity contribution in [1.29, 1.82) is 0 Å². The Hall–Kier alpha value is -3.10. The lowest BCUT2D eigenvalue weighted by molar-refractivity contribution is -0.137. The van der Waals surface area contributed by atoms with E-state index in [0.29, 0.717) is 31.2 Å². The third-order valence-corrected chi connectivity index (χ3v) is 5.57. The highest BCUT2D eigenvalue weighted by molar-refractivity contribution is 5.79. The fraction of sp³-hybridized carbons (Fsp3) is 0.409. The zero-order valence-electron chi connectivity index (χ0n) is 17.0. The topological polar surface area (TPSA) is 62.5 Å². The number of anilines is 1. The zero-order valence-corrected chi connectivity index (χ0v) is 17.0. The summed E-state index contributed by atoms with van der Waals surface area (Å²) in [6, 6.07) is 12.4. The summed E-state index contributed by atoms with van der Waals surface area (Å²) >= 11 is 0. The van der Waals surface area contributed by atoms with Crippen LogP contribution in [0.2, 0.25) is 0 Å². The normalized spacial score (nSPS) is 17.1. The monoisotopic (exact) mass is 431 g/mol. The van der Waals surface area contributed by atoms with Gasteiger partial charge in [-0.2, -0.15) is 13.2 Å². The Morgan fingerprint density at radius 3 is 2.71 bits per heavy atom. The van der Waals surface area contributed by atoms with Gasteiger partial charge in [0.15, 0.2) is 5.65 Å². The quantitative estimate of drug-likeness (QED) is 0.605. The summed E-state index contributed by atoms with van der Waals surface area (Å²) in [4.78, 5) is 14.5. The van der Waals surface area contributed by atoms with Gasteiger partial charge in [0.25, 0.3) is 0 Å². The van der Waals surface area contributed by atoms with Gasteiger partial charge >= 0.3 is 6.18 Å². The number of nitrogens with one attached hydrogen (secondary N) is 1. The first-order valence-electron chi connectivity index (χ1n) is 10.4. The molecule has 1 aromatic carbocycles. The van der Waals surface area contributed by atoms with Crippen molar-refractivity contribution in [3.8, 4) is 0 Å². The van der Waals surface area contributed by atoms with Crippen molar-refractivity contribution in [3.63, 3.8) is 0 Å². The van der Waals surface area contributed by atoms with E-state index in [9.17, 15) is 18.0 Å². The molecule has 3 aromatic rings. The van der Waals surface area contributed by atoms with Gasteiger partial charge < -0.3 is 10.2 Å². The predicted molar refractivity (Wildman–Crippen MR) is 111 cm³/mol. The van der Waals surface area contributed by atoms with E-state index in [1.807, 2.05) is 23.1 Å². The first-order chi connectivity index (χ1) is 14.9. The molecule has 3 heterocycles. The van der Waals surface area contributed by atoms with Gasteiger partial charge in [0.05, 0.1) is 11.5 Å². The Morgan fingerprint density at radius 1 is 1.13 bits per heavy atom. The van der Waals surface area contributed by atoms with E-state index in [1.54, 1.807) is 0 Å². The lowest BCUT2D eigenvalue weighted by Crippen LogP contribution is -2.44. The van der Waals surface area contributed by atoms with Crippen LogP contribution in [0.3, 0.4) is 0 Å². The number of pyridine rings is 1. The molecule has 4 rings (SSSR count). The van der Waals surface area contributed by atoms with Crippen LogP contribution in [0.25, 0.3) is 5.65 Å². The molecule has 1 saturated heterocycles. The number of aromatic nitrogens is 3. The van der Waals surface area contributed by atoms with Crippen LogP contribution in [0.1, 0.15) is 30.4 Å². The Bertz CT molecular complexity index is 1030. The average Bonchev–Trinajstić information content (AvgIpc) is 3.20. The molecule has 0 unspecified atom stereocenters. The summed E-state index contributed by atoms with van der Waals surface area (Å²) in [6.45, 7) is 1.61. The molecule has 9 heteroatoms. The number of rotatable bonds is 6. The molecule has 2 aromatic heterocycles. The summed E-state index contributed by atoms with van der Waals surface area (Å²) in [5.74, 6) is 0.0777. The number of piperidine rings is 1. The van der Waals surface area contributed by atoms with E-state index < -0.39 is 11.7 Å². The Balaban J connectivity index is 1.37. The maximum atomic E-state index is 13.1. The third kappa shape index (κ3) is 4.98. The summed E-state index contributed by atoms with van der Waals surface area (Å²) in [7, 11) is 0. The lowest BCUT2D eigenvalue weighted by atomic mass is 9.97. The molecule has 31 heavy (non-hydrogen) atoms. The first kappa shape index (κ1) is 21.1. The molecule has 0 radical (unpaired) electrons. The van der Waals surface area contributed by atoms with Gasteiger partial charge in [-0.1, -0.05) is 30.3 Å². The summed E-state index contributed by atoms with van der Waals surface area (Å²) in [6.07, 6.45) is -0.189. The number of nitrogens with zero attached hydrogens (tertiary/aromatic N) is 4. The summed E-state index contributed by atoms with van der Waals surface area (Å²) < 4.78 is 40.6. The van der Waals surface area contributed by atoms with Crippen molar-refractivity contribution in [3.05, 3.63) is 59.8 Å². The Morgan fingerprint density at radius 2 is 1.94 bits per heavy atom. The van der Waals surface area contributed by atoms with Crippen LogP contribution in [-0.4, -0.2) is 40.1 Å². The molecule has 164 valence electrons. The molecule has 1 fully saturated rings. The SMILES string of the molecule is O=C(NCCCc1ccccc1)[C@@H]1CCCN(c2nnc3ccc(C(F)(F)F)cn23)C1. The number of aryl methyl sites for hydroxylation is 1. The van der Waals surface area contributed by atoms with E-state index >= 15 is 0 Å². The highest BCUT2D eigenvalue weighted by Crippen LogP contribution is 2.30. The molecule has 0 spiro atoms. The van der Waals surface area contributed by atoms with Gasteiger partial charge in [-0.3, -0.25) is 9.20 Å². The highest BCUT2D eigenvalue weighted by atomic mass is 19.4. The second-order valence-corrected chi connectivity index (χ2v) is 7.81. The fourth-order valence-electron chi connectivity index (χ4n) is 3.93. The van der Waals surface area contributed by atoms with Crippen LogP contribution in [-0.2, 0) is 17.4 Å². The molecule has 1 N–H and O–H groups in total. The van der Waals surface area contributed by atoms with Crippen LogP contribution >= 0.6 is 0 Å². The van der Waals surface area contributed by atoms with E-state index in [0.717, 1.165) is 37.9 Å². The minimum atomic E-state index is -4.44. The molecule has 1 aliphatic rings. The van der Waals surface area contributed by atoms with Crippen molar-refractivity contribution >= 4 is 17.5 Å². The molecule has 0 bridgehead atoms. The fourth-order valence-corrected chi connectivity index (χ4v) is 3.93. The van der Waals surface area contributed by atoms with Crippen LogP contribution < -0.4 is 10.2 Å². The first-order valence-corrected chi connectivity index (χ1v) is 10.4. The second-order valence-electron chi connectivity index (χ2n) is 7.81. The highest BCUT2D eigenvalue weighted by Gasteiger charge is 2.32. The van der Waals surface area contributed by atoms with E-state index in [1.165, 1.54) is 16.0 Å². The number of carbonyl (C=O) groups excluding carboxylic acids is 1. The largest absolute Gasteiger partial charge is 0.417 e. The summed E-state index contributed by atoms with van der Waals surface area (Å²) in [5.41, 5.74) is 0.818. The van der Waals surface area contributed by atoms with Crippen LogP contribution in [0.4, 0.5) is 19.1 Å². The Kier molecular flexibility index (Phi) is 6.11. The maximum Gasteiger partial charge on any atom is 0.417 e. The van der Waals surface area contributed by atoms with Crippen molar-refractivity contribution < 1.29 is 18.0 Å². The minimum absolute atomic E-state index is 0.0254. The van der Waals surface area contributed by atoms with Gasteiger partial charge in [-0.15, -0.1) is 10.2 Å². The smallest absolute Gasteiger partial charge is 0.356 e. The van der Waals surface area contributed by atoms with E-state index in [2.05, 4.69) is 27.6 Å². The van der Waals surface area contributed by atoms with Crippen molar-refractivity contribution in [2.24, 2.45) is 5.92 Å². The van der Waals surface area contributed by atoms with Gasteiger partial charge in [0, 0.05) is 25.8 Å². The minimum Gasteiger partial charge on any atom is -0.356 e. The van der Waals surface area contributed by atoms with Crippen LogP contribution in [0, 0.1) is 5.92 Å². The lowest BCUT2D eigenvalue weighted by Gasteiger charge is -2.32. The number of hydrogen-bond donors (Lipinski definition) is 1. The molecule has 6 nitrogen and oxygen atoms in total. The average molecular weight is 431 g/mol. The predicted octanol–water partition coefficient (Wildman–Crippen LogP) is 3.71. The van der Waals surface area contributed by atoms with Gasteiger partial charge in [-0.25, -0.2) is 0 Å². The number of carbonyl (C=O) groups is 1. The van der Waals surface area contributed by atoms with E-state index in [4.69, 9.17) is 0 Å². The molecule has 1 atom stereocenters. The molecule has 1 amide bonds. The van der Waals surface area contributed by atoms with Crippen molar-refractivity contribution in [2.75, 3.05) is 24.5 Å². The number of benzene rings is 1. The number of fused-ring (bicyclic) bond motifs is 1. The standard InChI is InChI=1S/C22H24F3N5O/c23-22(24,25)18-10-11-19-27-28-21(30(19)15-18)29-13-5-9-17(14-29)20(31)26-12-4-8-16-6-2-1-3-7-16/h1-3,6-7,10-11,15,17H,4-5,8-9,12-14H2,(H,26,31)/t17-/m1/s1. The van der Waals surface area contributed by atoms with Crippen LogP contribution in [0.15, 0.2) is 48.7 Å². The molecular weight excluding hydrogens is 407 g/mol. The second kappa shape index (κ2) is 8.95. The molecule has 0 saturated carbocycles. The summed E-state index contributed by atoms with van der Waals surface area (Å²) in [5, 5.41) is 11.1. The van der Waals surface area contributed by atoms with Crippen LogP contribution in [0.5, 0.6) is 0 Å². The van der Waals surface area contributed by atoms with E-state index in [-0.39, 0.29) is 11.8 Å².